The molecule has 0 bridgehead atoms. The van der Waals surface area contributed by atoms with Crippen LogP contribution in [0.3, 0.4) is 0 Å². The van der Waals surface area contributed by atoms with Crippen LogP contribution in [0.25, 0.3) is 33.5 Å². The van der Waals surface area contributed by atoms with Gasteiger partial charge in [0.1, 0.15) is 11.4 Å². The molecular weight excluding hydrogens is 594 g/mol. The highest BCUT2D eigenvalue weighted by Crippen LogP contribution is 2.40. The number of halogens is 1. The molecule has 1 N–H and O–H groups in total. The van der Waals surface area contributed by atoms with Gasteiger partial charge in [-0.2, -0.15) is 16.9 Å². The van der Waals surface area contributed by atoms with Gasteiger partial charge in [-0.05, 0) is 24.5 Å². The predicted octanol–water partition coefficient (Wildman–Crippen LogP) is 5.10. The average molecular weight is 630 g/mol. The van der Waals surface area contributed by atoms with Gasteiger partial charge < -0.3 is 10.2 Å². The van der Waals surface area contributed by atoms with E-state index < -0.39 is 0 Å². The SMILES string of the molecule is O=C1C[C@H]2CSC(CCCCC(=O)N3CCN(Cn4nc(-c5ccccc5)c5c(Cl)c(-c6ccccc6)nnc54)CC3)[C@H]2N1. The standard InChI is InChI=1S/C33H36ClN7O2S/c34-29-28-31(22-9-3-1-4-10-22)38-41(33(28)37-36-32(29)23-11-5-2-6-12-23)21-39-15-17-40(18-16-39)27(43)14-8-7-13-25-30-24(20-44-25)19-26(42)35-30/h1-6,9-12,24-25,30H,7-8,13-21H2,(H,35,42)/t24-,25?,30-/m0/s1. The Morgan fingerprint density at radius 2 is 1.64 bits per heavy atom. The van der Waals surface area contributed by atoms with Crippen molar-refractivity contribution in [3.8, 4) is 22.5 Å². The van der Waals surface area contributed by atoms with Crippen molar-refractivity contribution < 1.29 is 9.59 Å². The number of carbonyl (C=O) groups is 2. The Balaban J connectivity index is 0.979. The lowest BCUT2D eigenvalue weighted by atomic mass is 9.97. The molecule has 0 saturated carbocycles. The van der Waals surface area contributed by atoms with Crippen LogP contribution in [0.4, 0.5) is 0 Å². The lowest BCUT2D eigenvalue weighted by Crippen LogP contribution is -2.49. The minimum Gasteiger partial charge on any atom is -0.352 e. The van der Waals surface area contributed by atoms with Crippen LogP contribution in [0.5, 0.6) is 0 Å². The average Bonchev–Trinajstić information content (AvgIpc) is 3.73. The normalized spacial score (nSPS) is 22.0. The minimum absolute atomic E-state index is 0.200. The Kier molecular flexibility index (Phi) is 8.56. The van der Waals surface area contributed by atoms with Crippen molar-refractivity contribution in [3.05, 3.63) is 65.7 Å². The molecule has 0 aliphatic carbocycles. The first kappa shape index (κ1) is 29.3. The highest BCUT2D eigenvalue weighted by atomic mass is 35.5. The molecule has 3 aliphatic rings. The van der Waals surface area contributed by atoms with Gasteiger partial charge in [-0.25, -0.2) is 4.68 Å². The highest BCUT2D eigenvalue weighted by Gasteiger charge is 2.42. The number of piperazine rings is 1. The number of benzene rings is 2. The monoisotopic (exact) mass is 629 g/mol. The van der Waals surface area contributed by atoms with Gasteiger partial charge in [0.2, 0.25) is 11.8 Å². The molecule has 2 aromatic heterocycles. The van der Waals surface area contributed by atoms with Gasteiger partial charge >= 0.3 is 0 Å². The molecule has 3 aliphatic heterocycles. The van der Waals surface area contributed by atoms with Crippen LogP contribution in [0.15, 0.2) is 60.7 Å². The molecule has 3 saturated heterocycles. The number of nitrogens with zero attached hydrogens (tertiary/aromatic N) is 6. The summed E-state index contributed by atoms with van der Waals surface area (Å²) in [4.78, 5) is 29.0. The number of hydrogen-bond acceptors (Lipinski definition) is 7. The summed E-state index contributed by atoms with van der Waals surface area (Å²) in [7, 11) is 0. The van der Waals surface area contributed by atoms with Crippen LogP contribution in [-0.2, 0) is 16.3 Å². The van der Waals surface area contributed by atoms with E-state index >= 15 is 0 Å². The topological polar surface area (TPSA) is 96.3 Å². The molecular formula is C33H36ClN7O2S. The molecule has 7 rings (SSSR count). The van der Waals surface area contributed by atoms with Gasteiger partial charge in [-0.15, -0.1) is 10.2 Å². The zero-order chi connectivity index (χ0) is 30.0. The molecule has 228 valence electrons. The van der Waals surface area contributed by atoms with Crippen LogP contribution in [0, 0.1) is 5.92 Å². The number of hydrogen-bond donors (Lipinski definition) is 1. The van der Waals surface area contributed by atoms with Crippen molar-refractivity contribution in [3.63, 3.8) is 0 Å². The summed E-state index contributed by atoms with van der Waals surface area (Å²) in [6.45, 7) is 3.46. The van der Waals surface area contributed by atoms with Crippen LogP contribution < -0.4 is 5.32 Å². The molecule has 2 aromatic carbocycles. The van der Waals surface area contributed by atoms with Crippen LogP contribution in [-0.4, -0.2) is 84.8 Å². The van der Waals surface area contributed by atoms with Crippen molar-refractivity contribution >= 4 is 46.2 Å². The molecule has 11 heteroatoms. The van der Waals surface area contributed by atoms with E-state index in [-0.39, 0.29) is 11.8 Å². The Morgan fingerprint density at radius 3 is 2.36 bits per heavy atom. The van der Waals surface area contributed by atoms with Crippen LogP contribution in [0.1, 0.15) is 32.1 Å². The zero-order valence-corrected chi connectivity index (χ0v) is 26.1. The molecule has 1 unspecified atom stereocenters. The largest absolute Gasteiger partial charge is 0.352 e. The van der Waals surface area contributed by atoms with E-state index in [0.29, 0.717) is 66.2 Å². The van der Waals surface area contributed by atoms with E-state index in [1.54, 1.807) is 0 Å². The molecule has 5 heterocycles. The quantitative estimate of drug-likeness (QED) is 0.258. The molecule has 9 nitrogen and oxygen atoms in total. The first-order valence-electron chi connectivity index (χ1n) is 15.5. The Labute approximate surface area is 266 Å². The van der Waals surface area contributed by atoms with Gasteiger partial charge in [0.15, 0.2) is 5.65 Å². The molecule has 0 radical (unpaired) electrons. The maximum atomic E-state index is 13.0. The lowest BCUT2D eigenvalue weighted by Gasteiger charge is -2.34. The third-order valence-corrected chi connectivity index (χ3v) is 11.0. The first-order valence-corrected chi connectivity index (χ1v) is 16.9. The van der Waals surface area contributed by atoms with Crippen LogP contribution >= 0.6 is 23.4 Å². The van der Waals surface area contributed by atoms with Gasteiger partial charge in [0, 0.05) is 61.4 Å². The second-order valence-corrected chi connectivity index (χ2v) is 13.6. The maximum Gasteiger partial charge on any atom is 0.222 e. The Bertz CT molecular complexity index is 1640. The number of thioether (sulfide) groups is 1. The number of rotatable bonds is 9. The summed E-state index contributed by atoms with van der Waals surface area (Å²) < 4.78 is 1.89. The molecule has 44 heavy (non-hydrogen) atoms. The van der Waals surface area contributed by atoms with E-state index in [0.717, 1.165) is 60.3 Å². The van der Waals surface area contributed by atoms with E-state index in [2.05, 4.69) is 20.4 Å². The minimum atomic E-state index is 0.200. The van der Waals surface area contributed by atoms with Gasteiger partial charge in [0.05, 0.1) is 17.1 Å². The Morgan fingerprint density at radius 1 is 0.932 bits per heavy atom. The van der Waals surface area contributed by atoms with Gasteiger partial charge in [0.25, 0.3) is 0 Å². The van der Waals surface area contributed by atoms with Crippen molar-refractivity contribution in [1.82, 2.24) is 35.1 Å². The zero-order valence-electron chi connectivity index (χ0n) is 24.6. The number of nitrogens with one attached hydrogen (secondary N) is 1. The smallest absolute Gasteiger partial charge is 0.222 e. The number of aromatic nitrogens is 4. The summed E-state index contributed by atoms with van der Waals surface area (Å²) in [6, 6.07) is 20.2. The van der Waals surface area contributed by atoms with E-state index in [1.165, 1.54) is 0 Å². The summed E-state index contributed by atoms with van der Waals surface area (Å²) in [5, 5.41) is 19.1. The third kappa shape index (κ3) is 5.95. The number of amides is 2. The third-order valence-electron chi connectivity index (χ3n) is 9.09. The summed E-state index contributed by atoms with van der Waals surface area (Å²) >= 11 is 9.02. The summed E-state index contributed by atoms with van der Waals surface area (Å²) in [5.41, 5.74) is 3.96. The fourth-order valence-corrected chi connectivity index (χ4v) is 8.67. The summed E-state index contributed by atoms with van der Waals surface area (Å²) in [5.74, 6) is 2.01. The molecule has 4 aromatic rings. The van der Waals surface area contributed by atoms with Crippen molar-refractivity contribution in [2.45, 2.75) is 50.1 Å². The van der Waals surface area contributed by atoms with Crippen LogP contribution in [0.2, 0.25) is 5.02 Å². The van der Waals surface area contributed by atoms with E-state index in [9.17, 15) is 9.59 Å². The van der Waals surface area contributed by atoms with Crippen molar-refractivity contribution in [2.24, 2.45) is 5.92 Å². The van der Waals surface area contributed by atoms with E-state index in [4.69, 9.17) is 16.7 Å². The molecule has 0 spiro atoms. The molecule has 3 fully saturated rings. The number of fused-ring (bicyclic) bond motifs is 2. The lowest BCUT2D eigenvalue weighted by molar-refractivity contribution is -0.133. The Hall–Kier alpha value is -3.47. The van der Waals surface area contributed by atoms with Gasteiger partial charge in [-0.3, -0.25) is 14.5 Å². The fourth-order valence-electron chi connectivity index (χ4n) is 6.70. The second-order valence-electron chi connectivity index (χ2n) is 12.0. The highest BCUT2D eigenvalue weighted by molar-refractivity contribution is 8.00. The van der Waals surface area contributed by atoms with Gasteiger partial charge in [-0.1, -0.05) is 78.7 Å². The molecule has 2 amide bonds. The predicted molar refractivity (Wildman–Crippen MR) is 174 cm³/mol. The maximum absolute atomic E-state index is 13.0. The fraction of sp³-hybridized carbons (Fsp3) is 0.424. The van der Waals surface area contributed by atoms with Crippen molar-refractivity contribution in [1.29, 1.82) is 0 Å². The van der Waals surface area contributed by atoms with Crippen molar-refractivity contribution in [2.75, 3.05) is 31.9 Å². The molecule has 3 atom stereocenters. The number of unbranched alkanes of at least 4 members (excludes halogenated alkanes) is 1. The summed E-state index contributed by atoms with van der Waals surface area (Å²) in [6.07, 6.45) is 4.25. The van der Waals surface area contributed by atoms with E-state index in [1.807, 2.05) is 82.0 Å². The second kappa shape index (κ2) is 12.9. The first-order chi connectivity index (χ1) is 21.5. The number of carbonyl (C=O) groups excluding carboxylic acids is 2.